The van der Waals surface area contributed by atoms with E-state index in [-0.39, 0.29) is 12.1 Å². The molecule has 0 bridgehead atoms. The first-order valence-corrected chi connectivity index (χ1v) is 6.28. The standard InChI is InChI=1S/C15H15F2NO4/c1-15(2,3)22-14(21)18-6-4-5-9-7-11(16)12(17)8-10(9)13(19)20/h7-8H,6H2,1-3H3,(H,18,21)(H,19,20). The topological polar surface area (TPSA) is 75.6 Å². The van der Waals surface area contributed by atoms with Crippen LogP contribution in [-0.2, 0) is 4.74 Å². The van der Waals surface area contributed by atoms with E-state index in [1.54, 1.807) is 20.8 Å². The van der Waals surface area contributed by atoms with Gasteiger partial charge in [0.2, 0.25) is 0 Å². The number of nitrogens with one attached hydrogen (secondary N) is 1. The molecular weight excluding hydrogens is 296 g/mol. The van der Waals surface area contributed by atoms with Crippen LogP contribution in [-0.4, -0.2) is 29.3 Å². The highest BCUT2D eigenvalue weighted by Crippen LogP contribution is 2.14. The van der Waals surface area contributed by atoms with Crippen LogP contribution < -0.4 is 5.32 Å². The molecule has 1 rings (SSSR count). The van der Waals surface area contributed by atoms with Crippen molar-refractivity contribution in [2.24, 2.45) is 0 Å². The number of carboxylic acids is 1. The smallest absolute Gasteiger partial charge is 0.408 e. The Balaban J connectivity index is 2.79. The summed E-state index contributed by atoms with van der Waals surface area (Å²) in [4.78, 5) is 22.3. The number of halogens is 2. The second kappa shape index (κ2) is 6.89. The fourth-order valence-corrected chi connectivity index (χ4v) is 1.40. The quantitative estimate of drug-likeness (QED) is 0.823. The Labute approximate surface area is 126 Å². The van der Waals surface area contributed by atoms with E-state index < -0.39 is 34.9 Å². The van der Waals surface area contributed by atoms with Crippen molar-refractivity contribution in [1.29, 1.82) is 0 Å². The van der Waals surface area contributed by atoms with E-state index >= 15 is 0 Å². The highest BCUT2D eigenvalue weighted by Gasteiger charge is 2.15. The van der Waals surface area contributed by atoms with Crippen LogP contribution in [0.25, 0.3) is 0 Å². The fourth-order valence-electron chi connectivity index (χ4n) is 1.40. The number of aromatic carboxylic acids is 1. The van der Waals surface area contributed by atoms with Crippen molar-refractivity contribution in [3.63, 3.8) is 0 Å². The Bertz CT molecular complexity index is 654. The molecule has 0 saturated carbocycles. The molecule has 1 aromatic rings. The summed E-state index contributed by atoms with van der Waals surface area (Å²) in [5.74, 6) is 0.923. The van der Waals surface area contributed by atoms with Gasteiger partial charge >= 0.3 is 12.1 Å². The minimum Gasteiger partial charge on any atom is -0.478 e. The molecule has 1 aromatic carbocycles. The molecule has 0 unspecified atom stereocenters. The summed E-state index contributed by atoms with van der Waals surface area (Å²) in [5, 5.41) is 11.2. The van der Waals surface area contributed by atoms with Gasteiger partial charge in [0.1, 0.15) is 5.60 Å². The average Bonchev–Trinajstić information content (AvgIpc) is 2.35. The van der Waals surface area contributed by atoms with E-state index in [0.29, 0.717) is 12.1 Å². The minimum absolute atomic E-state index is 0.132. The molecule has 0 fully saturated rings. The van der Waals surface area contributed by atoms with Crippen LogP contribution in [0.15, 0.2) is 12.1 Å². The molecule has 0 aliphatic heterocycles. The number of carbonyl (C=O) groups excluding carboxylic acids is 1. The lowest BCUT2D eigenvalue weighted by atomic mass is 10.1. The minimum atomic E-state index is -1.43. The number of benzene rings is 1. The highest BCUT2D eigenvalue weighted by atomic mass is 19.2. The second-order valence-electron chi connectivity index (χ2n) is 5.27. The number of alkyl carbamates (subject to hydrolysis) is 1. The average molecular weight is 311 g/mol. The van der Waals surface area contributed by atoms with Crippen LogP contribution in [0.1, 0.15) is 36.7 Å². The van der Waals surface area contributed by atoms with Gasteiger partial charge in [0.05, 0.1) is 12.1 Å². The lowest BCUT2D eigenvalue weighted by Gasteiger charge is -2.19. The molecule has 0 heterocycles. The van der Waals surface area contributed by atoms with Gasteiger partial charge in [-0.1, -0.05) is 11.8 Å². The van der Waals surface area contributed by atoms with Crippen LogP contribution in [0, 0.1) is 23.5 Å². The SMILES string of the molecule is CC(C)(C)OC(=O)NCC#Cc1cc(F)c(F)cc1C(=O)O. The van der Waals surface area contributed by atoms with Crippen LogP contribution in [0.3, 0.4) is 0 Å². The summed E-state index contributed by atoms with van der Waals surface area (Å²) in [6.45, 7) is 4.95. The maximum atomic E-state index is 13.1. The zero-order valence-corrected chi connectivity index (χ0v) is 12.3. The molecule has 7 heteroatoms. The third kappa shape index (κ3) is 5.40. The van der Waals surface area contributed by atoms with Crippen molar-refractivity contribution in [2.75, 3.05) is 6.54 Å². The van der Waals surface area contributed by atoms with Crippen molar-refractivity contribution < 1.29 is 28.2 Å². The summed E-state index contributed by atoms with van der Waals surface area (Å²) in [6, 6.07) is 1.25. The Morgan fingerprint density at radius 1 is 1.27 bits per heavy atom. The molecule has 5 nitrogen and oxygen atoms in total. The molecule has 1 amide bonds. The van der Waals surface area contributed by atoms with Gasteiger partial charge in [-0.15, -0.1) is 0 Å². The van der Waals surface area contributed by atoms with Gasteiger partial charge in [0.25, 0.3) is 0 Å². The van der Waals surface area contributed by atoms with E-state index in [4.69, 9.17) is 9.84 Å². The summed E-state index contributed by atoms with van der Waals surface area (Å²) < 4.78 is 31.1. The molecule has 118 valence electrons. The number of carbonyl (C=O) groups is 2. The fraction of sp³-hybridized carbons (Fsp3) is 0.333. The predicted octanol–water partition coefficient (Wildman–Crippen LogP) is 2.54. The van der Waals surface area contributed by atoms with E-state index in [9.17, 15) is 18.4 Å². The van der Waals surface area contributed by atoms with Gasteiger partial charge in [-0.25, -0.2) is 18.4 Å². The Kier molecular flexibility index (Phi) is 5.46. The van der Waals surface area contributed by atoms with Crippen molar-refractivity contribution in [1.82, 2.24) is 5.32 Å². The molecule has 0 radical (unpaired) electrons. The normalized spacial score (nSPS) is 10.4. The molecular formula is C15H15F2NO4. The van der Waals surface area contributed by atoms with Crippen LogP contribution in [0.5, 0.6) is 0 Å². The zero-order chi connectivity index (χ0) is 16.9. The summed E-state index contributed by atoms with van der Waals surface area (Å²) >= 11 is 0. The van der Waals surface area contributed by atoms with Gasteiger partial charge in [-0.2, -0.15) is 0 Å². The van der Waals surface area contributed by atoms with Gasteiger partial charge in [0.15, 0.2) is 11.6 Å². The summed E-state index contributed by atoms with van der Waals surface area (Å²) in [6.07, 6.45) is -0.689. The monoisotopic (exact) mass is 311 g/mol. The van der Waals surface area contributed by atoms with E-state index in [0.717, 1.165) is 0 Å². The third-order valence-electron chi connectivity index (χ3n) is 2.23. The maximum Gasteiger partial charge on any atom is 0.408 e. The molecule has 0 spiro atoms. The summed E-state index contributed by atoms with van der Waals surface area (Å²) in [5.41, 5.74) is -1.30. The molecule has 0 aliphatic rings. The largest absolute Gasteiger partial charge is 0.478 e. The number of carboxylic acid groups (broad SMARTS) is 1. The molecule has 0 saturated heterocycles. The molecule has 0 atom stereocenters. The maximum absolute atomic E-state index is 13.1. The second-order valence-corrected chi connectivity index (χ2v) is 5.27. The lowest BCUT2D eigenvalue weighted by molar-refractivity contribution is 0.0534. The first-order chi connectivity index (χ1) is 10.1. The number of rotatable bonds is 2. The first-order valence-electron chi connectivity index (χ1n) is 6.28. The van der Waals surface area contributed by atoms with Gasteiger partial charge in [-0.05, 0) is 32.9 Å². The van der Waals surface area contributed by atoms with Crippen LogP contribution in [0.2, 0.25) is 0 Å². The molecule has 2 N–H and O–H groups in total. The Hall–Kier alpha value is -2.62. The van der Waals surface area contributed by atoms with Crippen molar-refractivity contribution in [3.05, 3.63) is 34.9 Å². The first kappa shape index (κ1) is 17.4. The zero-order valence-electron chi connectivity index (χ0n) is 12.3. The van der Waals surface area contributed by atoms with E-state index in [2.05, 4.69) is 17.2 Å². The third-order valence-corrected chi connectivity index (χ3v) is 2.23. The number of ether oxygens (including phenoxy) is 1. The van der Waals surface area contributed by atoms with Gasteiger partial charge in [0, 0.05) is 5.56 Å². The van der Waals surface area contributed by atoms with Gasteiger partial charge < -0.3 is 15.2 Å². The van der Waals surface area contributed by atoms with Crippen LogP contribution in [0.4, 0.5) is 13.6 Å². The molecule has 0 aromatic heterocycles. The van der Waals surface area contributed by atoms with Crippen molar-refractivity contribution >= 4 is 12.1 Å². The van der Waals surface area contributed by atoms with Crippen LogP contribution >= 0.6 is 0 Å². The number of hydrogen-bond donors (Lipinski definition) is 2. The molecule has 22 heavy (non-hydrogen) atoms. The Morgan fingerprint density at radius 2 is 1.86 bits per heavy atom. The van der Waals surface area contributed by atoms with Gasteiger partial charge in [-0.3, -0.25) is 0 Å². The van der Waals surface area contributed by atoms with Crippen molar-refractivity contribution in [3.8, 4) is 11.8 Å². The van der Waals surface area contributed by atoms with E-state index in [1.165, 1.54) is 0 Å². The number of hydrogen-bond acceptors (Lipinski definition) is 3. The predicted molar refractivity (Wildman–Crippen MR) is 74.4 cm³/mol. The van der Waals surface area contributed by atoms with E-state index in [1.807, 2.05) is 0 Å². The number of amides is 1. The highest BCUT2D eigenvalue weighted by molar-refractivity contribution is 5.90. The van der Waals surface area contributed by atoms with Crippen molar-refractivity contribution in [2.45, 2.75) is 26.4 Å². The lowest BCUT2D eigenvalue weighted by Crippen LogP contribution is -2.32. The summed E-state index contributed by atoms with van der Waals surface area (Å²) in [7, 11) is 0. The Morgan fingerprint density at radius 3 is 2.41 bits per heavy atom. The molecule has 0 aliphatic carbocycles.